The molecule has 0 bridgehead atoms. The molecule has 0 fully saturated rings. The molecule has 0 aliphatic heterocycles. The topological polar surface area (TPSA) is 94.9 Å². The van der Waals surface area contributed by atoms with E-state index in [0.29, 0.717) is 42.3 Å². The highest BCUT2D eigenvalue weighted by Crippen LogP contribution is 2.38. The molecule has 9 nitrogen and oxygen atoms in total. The van der Waals surface area contributed by atoms with Crippen molar-refractivity contribution in [3.05, 3.63) is 83.7 Å². The van der Waals surface area contributed by atoms with Crippen LogP contribution >= 0.6 is 0 Å². The van der Waals surface area contributed by atoms with Gasteiger partial charge in [-0.15, -0.1) is 0 Å². The summed E-state index contributed by atoms with van der Waals surface area (Å²) < 4.78 is 18.0. The van der Waals surface area contributed by atoms with Crippen LogP contribution in [0.3, 0.4) is 0 Å². The van der Waals surface area contributed by atoms with Gasteiger partial charge in [-0.1, -0.05) is 42.5 Å². The van der Waals surface area contributed by atoms with Gasteiger partial charge in [0.1, 0.15) is 12.4 Å². The molecule has 1 heterocycles. The third-order valence-corrected chi connectivity index (χ3v) is 6.28. The average molecular weight is 517 g/mol. The Hall–Kier alpha value is -4.53. The summed E-state index contributed by atoms with van der Waals surface area (Å²) >= 11 is 0. The molecule has 1 aromatic heterocycles. The van der Waals surface area contributed by atoms with Crippen LogP contribution in [-0.4, -0.2) is 61.2 Å². The van der Waals surface area contributed by atoms with E-state index in [2.05, 4.69) is 5.32 Å². The van der Waals surface area contributed by atoms with E-state index in [4.69, 9.17) is 19.2 Å². The SMILES string of the molecule is COc1cc(C(=O)NCCc2nc3ccccc3n2CC(=O)N(C)Cc2ccccc2)cc(OC)c1OC. The number of carbonyl (C=O) groups is 2. The first-order valence-corrected chi connectivity index (χ1v) is 12.3. The van der Waals surface area contributed by atoms with Gasteiger partial charge in [0.05, 0.1) is 32.4 Å². The highest BCUT2D eigenvalue weighted by Gasteiger charge is 2.19. The zero-order valence-electron chi connectivity index (χ0n) is 22.1. The maximum atomic E-state index is 13.1. The fraction of sp³-hybridized carbons (Fsp3) is 0.276. The van der Waals surface area contributed by atoms with Gasteiger partial charge in [-0.2, -0.15) is 0 Å². The number of nitrogens with zero attached hydrogens (tertiary/aromatic N) is 3. The summed E-state index contributed by atoms with van der Waals surface area (Å²) in [7, 11) is 6.31. The molecule has 2 amide bonds. The van der Waals surface area contributed by atoms with Crippen molar-refractivity contribution in [3.63, 3.8) is 0 Å². The Balaban J connectivity index is 1.47. The van der Waals surface area contributed by atoms with E-state index < -0.39 is 0 Å². The lowest BCUT2D eigenvalue weighted by Crippen LogP contribution is -2.31. The van der Waals surface area contributed by atoms with Crippen LogP contribution in [0.15, 0.2) is 66.7 Å². The molecule has 0 radical (unpaired) electrons. The van der Waals surface area contributed by atoms with Crippen LogP contribution in [0.25, 0.3) is 11.0 Å². The van der Waals surface area contributed by atoms with Crippen LogP contribution in [0.4, 0.5) is 0 Å². The van der Waals surface area contributed by atoms with Gasteiger partial charge in [0.2, 0.25) is 11.7 Å². The highest BCUT2D eigenvalue weighted by atomic mass is 16.5. The van der Waals surface area contributed by atoms with Gasteiger partial charge in [-0.05, 0) is 29.8 Å². The third kappa shape index (κ3) is 5.88. The molecule has 0 atom stereocenters. The van der Waals surface area contributed by atoms with E-state index in [0.717, 1.165) is 22.4 Å². The van der Waals surface area contributed by atoms with Crippen LogP contribution in [0.5, 0.6) is 17.2 Å². The first-order valence-electron chi connectivity index (χ1n) is 12.3. The number of carbonyl (C=O) groups excluding carboxylic acids is 2. The largest absolute Gasteiger partial charge is 0.493 e. The lowest BCUT2D eigenvalue weighted by Gasteiger charge is -2.19. The number of aromatic nitrogens is 2. The van der Waals surface area contributed by atoms with E-state index >= 15 is 0 Å². The first-order chi connectivity index (χ1) is 18.4. The number of hydrogen-bond acceptors (Lipinski definition) is 6. The monoisotopic (exact) mass is 516 g/mol. The third-order valence-electron chi connectivity index (χ3n) is 6.28. The second-order valence-corrected chi connectivity index (χ2v) is 8.76. The maximum absolute atomic E-state index is 13.1. The average Bonchev–Trinajstić information content (AvgIpc) is 3.29. The van der Waals surface area contributed by atoms with Crippen LogP contribution in [0.2, 0.25) is 0 Å². The zero-order valence-corrected chi connectivity index (χ0v) is 22.1. The number of ether oxygens (including phenoxy) is 3. The van der Waals surface area contributed by atoms with Crippen molar-refractivity contribution in [3.8, 4) is 17.2 Å². The van der Waals surface area contributed by atoms with Crippen molar-refractivity contribution < 1.29 is 23.8 Å². The molecule has 0 saturated heterocycles. The van der Waals surface area contributed by atoms with Crippen molar-refractivity contribution in [2.75, 3.05) is 34.9 Å². The summed E-state index contributed by atoms with van der Waals surface area (Å²) in [6.45, 7) is 0.999. The predicted octanol–water partition coefficient (Wildman–Crippen LogP) is 3.69. The molecular formula is C29H32N4O5. The van der Waals surface area contributed by atoms with E-state index in [9.17, 15) is 9.59 Å². The number of hydrogen-bond donors (Lipinski definition) is 1. The molecular weight excluding hydrogens is 484 g/mol. The number of benzene rings is 3. The number of imidazole rings is 1. The molecule has 0 aliphatic rings. The Labute approximate surface area is 221 Å². The standard InChI is InChI=1S/C29H32N4O5/c1-32(18-20-10-6-5-7-11-20)27(34)19-33-23-13-9-8-12-22(23)31-26(33)14-15-30-29(35)21-16-24(36-2)28(38-4)25(17-21)37-3/h5-13,16-17H,14-15,18-19H2,1-4H3,(H,30,35). The summed E-state index contributed by atoms with van der Waals surface area (Å²) in [5.41, 5.74) is 3.12. The first kappa shape index (κ1) is 26.5. The maximum Gasteiger partial charge on any atom is 0.251 e. The lowest BCUT2D eigenvalue weighted by atomic mass is 10.1. The molecule has 198 valence electrons. The molecule has 1 N–H and O–H groups in total. The normalized spacial score (nSPS) is 10.7. The second-order valence-electron chi connectivity index (χ2n) is 8.76. The Morgan fingerprint density at radius 1 is 0.921 bits per heavy atom. The van der Waals surface area contributed by atoms with E-state index in [1.165, 1.54) is 21.3 Å². The fourth-order valence-electron chi connectivity index (χ4n) is 4.30. The Bertz CT molecular complexity index is 1390. The van der Waals surface area contributed by atoms with Gasteiger partial charge >= 0.3 is 0 Å². The van der Waals surface area contributed by atoms with Crippen molar-refractivity contribution in [2.45, 2.75) is 19.5 Å². The Morgan fingerprint density at radius 3 is 2.24 bits per heavy atom. The van der Waals surface area contributed by atoms with Crippen molar-refractivity contribution >= 4 is 22.8 Å². The minimum absolute atomic E-state index is 0.0280. The van der Waals surface area contributed by atoms with Gasteiger partial charge in [-0.25, -0.2) is 4.98 Å². The molecule has 4 aromatic rings. The summed E-state index contributed by atoms with van der Waals surface area (Å²) in [6, 6.07) is 20.8. The molecule has 9 heteroatoms. The molecule has 3 aromatic carbocycles. The van der Waals surface area contributed by atoms with Crippen LogP contribution < -0.4 is 19.5 Å². The van der Waals surface area contributed by atoms with Crippen LogP contribution in [0, 0.1) is 0 Å². The predicted molar refractivity (Wildman–Crippen MR) is 145 cm³/mol. The van der Waals surface area contributed by atoms with Gasteiger partial charge in [0.25, 0.3) is 5.91 Å². The second kappa shape index (κ2) is 12.1. The summed E-state index contributed by atoms with van der Waals surface area (Å²) in [5.74, 6) is 1.62. The van der Waals surface area contributed by atoms with Gasteiger partial charge in [0.15, 0.2) is 11.5 Å². The number of likely N-dealkylation sites (N-methyl/N-ethyl adjacent to an activating group) is 1. The molecule has 4 rings (SSSR count). The molecule has 0 aliphatic carbocycles. The summed E-state index contributed by atoms with van der Waals surface area (Å²) in [6.07, 6.45) is 0.445. The molecule has 0 spiro atoms. The van der Waals surface area contributed by atoms with E-state index in [-0.39, 0.29) is 18.4 Å². The van der Waals surface area contributed by atoms with Crippen molar-refractivity contribution in [1.82, 2.24) is 19.8 Å². The number of nitrogens with one attached hydrogen (secondary N) is 1. The quantitative estimate of drug-likeness (QED) is 0.327. The minimum atomic E-state index is -0.286. The van der Waals surface area contributed by atoms with Gasteiger partial charge in [-0.3, -0.25) is 9.59 Å². The smallest absolute Gasteiger partial charge is 0.251 e. The highest BCUT2D eigenvalue weighted by molar-refractivity contribution is 5.95. The number of amides is 2. The Morgan fingerprint density at radius 2 is 1.58 bits per heavy atom. The number of para-hydroxylation sites is 2. The lowest BCUT2D eigenvalue weighted by molar-refractivity contribution is -0.131. The number of fused-ring (bicyclic) bond motifs is 1. The zero-order chi connectivity index (χ0) is 27.1. The van der Waals surface area contributed by atoms with E-state index in [1.54, 1.807) is 24.1 Å². The molecule has 0 saturated carbocycles. The number of methoxy groups -OCH3 is 3. The molecule has 0 unspecified atom stereocenters. The van der Waals surface area contributed by atoms with Crippen molar-refractivity contribution in [2.24, 2.45) is 0 Å². The van der Waals surface area contributed by atoms with Gasteiger partial charge < -0.3 is 29.0 Å². The van der Waals surface area contributed by atoms with E-state index in [1.807, 2.05) is 59.2 Å². The fourth-order valence-corrected chi connectivity index (χ4v) is 4.30. The van der Waals surface area contributed by atoms with Crippen LogP contribution in [0.1, 0.15) is 21.7 Å². The van der Waals surface area contributed by atoms with Gasteiger partial charge in [0, 0.05) is 32.1 Å². The summed E-state index contributed by atoms with van der Waals surface area (Å²) in [4.78, 5) is 32.5. The van der Waals surface area contributed by atoms with Crippen LogP contribution in [-0.2, 0) is 24.3 Å². The number of rotatable bonds is 11. The molecule has 38 heavy (non-hydrogen) atoms. The van der Waals surface area contributed by atoms with Crippen molar-refractivity contribution in [1.29, 1.82) is 0 Å². The Kier molecular flexibility index (Phi) is 8.47. The minimum Gasteiger partial charge on any atom is -0.493 e. The summed E-state index contributed by atoms with van der Waals surface area (Å²) in [5, 5.41) is 2.93.